The third-order valence-corrected chi connectivity index (χ3v) is 5.30. The van der Waals surface area contributed by atoms with Crippen molar-refractivity contribution in [3.8, 4) is 0 Å². The fraction of sp³-hybridized carbons (Fsp3) is 0.778. The second kappa shape index (κ2) is 15.4. The van der Waals surface area contributed by atoms with Crippen molar-refractivity contribution >= 4 is 47.2 Å². The Balaban J connectivity index is 5.25. The number of rotatable bonds is 15. The molecule has 3 amide bonds. The van der Waals surface area contributed by atoms with Crippen molar-refractivity contribution in [3.63, 3.8) is 0 Å². The fourth-order valence-electron chi connectivity index (χ4n) is 2.50. The van der Waals surface area contributed by atoms with Crippen LogP contribution in [0.5, 0.6) is 0 Å². The molecule has 0 saturated heterocycles. The van der Waals surface area contributed by atoms with Gasteiger partial charge in [0, 0.05) is 0 Å². The van der Waals surface area contributed by atoms with Gasteiger partial charge in [-0.2, -0.15) is 23.5 Å². The van der Waals surface area contributed by atoms with Gasteiger partial charge in [-0.25, -0.2) is 4.79 Å². The lowest BCUT2D eigenvalue weighted by Crippen LogP contribution is -2.56. The summed E-state index contributed by atoms with van der Waals surface area (Å²) in [6.45, 7) is 3.58. The van der Waals surface area contributed by atoms with Crippen LogP contribution < -0.4 is 21.7 Å². The number of hydrogen-bond acceptors (Lipinski definition) is 7. The predicted octanol–water partition coefficient (Wildman–Crippen LogP) is 0.0364. The summed E-state index contributed by atoms with van der Waals surface area (Å²) in [5.41, 5.74) is 5.32. The third kappa shape index (κ3) is 12.0. The predicted molar refractivity (Wildman–Crippen MR) is 118 cm³/mol. The standard InChI is InChI=1S/C18H34N4O5S2/c1-11(2)9-14(20-15(23)10-19)17(25)21-12(5-7-28-3)16(24)22-13(18(26)27)6-8-29-4/h11-14H,5-10,19H2,1-4H3,(H,20,23)(H,21,25)(H,22,24)(H,26,27). The van der Waals surface area contributed by atoms with E-state index in [0.717, 1.165) is 0 Å². The normalized spacial score (nSPS) is 14.0. The first kappa shape index (κ1) is 27.5. The highest BCUT2D eigenvalue weighted by Gasteiger charge is 2.29. The average molecular weight is 451 g/mol. The number of nitrogens with one attached hydrogen (secondary N) is 3. The smallest absolute Gasteiger partial charge is 0.326 e. The zero-order chi connectivity index (χ0) is 22.4. The Bertz CT molecular complexity index is 548. The van der Waals surface area contributed by atoms with Crippen molar-refractivity contribution in [2.24, 2.45) is 11.7 Å². The van der Waals surface area contributed by atoms with Crippen LogP contribution in [0.3, 0.4) is 0 Å². The van der Waals surface area contributed by atoms with Gasteiger partial charge in [0.25, 0.3) is 0 Å². The summed E-state index contributed by atoms with van der Waals surface area (Å²) in [6, 6.07) is -2.73. The van der Waals surface area contributed by atoms with Crippen LogP contribution in [0.25, 0.3) is 0 Å². The second-order valence-corrected chi connectivity index (χ2v) is 8.95. The molecular weight excluding hydrogens is 416 g/mol. The number of carboxylic acids is 1. The summed E-state index contributed by atoms with van der Waals surface area (Å²) >= 11 is 3.00. The van der Waals surface area contributed by atoms with Crippen LogP contribution in [0.1, 0.15) is 33.1 Å². The molecule has 0 radical (unpaired) electrons. The fourth-order valence-corrected chi connectivity index (χ4v) is 3.44. The maximum atomic E-state index is 12.7. The van der Waals surface area contributed by atoms with E-state index >= 15 is 0 Å². The van der Waals surface area contributed by atoms with E-state index in [1.807, 2.05) is 26.4 Å². The first-order valence-electron chi connectivity index (χ1n) is 9.47. The molecule has 0 aliphatic heterocycles. The van der Waals surface area contributed by atoms with Gasteiger partial charge in [0.2, 0.25) is 17.7 Å². The molecule has 0 aromatic rings. The van der Waals surface area contributed by atoms with Crippen molar-refractivity contribution in [1.29, 1.82) is 0 Å². The van der Waals surface area contributed by atoms with Gasteiger partial charge >= 0.3 is 5.97 Å². The van der Waals surface area contributed by atoms with Gasteiger partial charge in [-0.1, -0.05) is 13.8 Å². The minimum absolute atomic E-state index is 0.130. The average Bonchev–Trinajstić information content (AvgIpc) is 2.66. The molecular formula is C18H34N4O5S2. The molecule has 9 nitrogen and oxygen atoms in total. The number of thioether (sulfide) groups is 2. The lowest BCUT2D eigenvalue weighted by atomic mass is 10.0. The van der Waals surface area contributed by atoms with Crippen molar-refractivity contribution in [2.75, 3.05) is 30.6 Å². The lowest BCUT2D eigenvalue weighted by Gasteiger charge is -2.25. The molecule has 6 N–H and O–H groups in total. The lowest BCUT2D eigenvalue weighted by molar-refractivity contribution is -0.142. The van der Waals surface area contributed by atoms with E-state index in [-0.39, 0.29) is 18.9 Å². The third-order valence-electron chi connectivity index (χ3n) is 4.01. The Morgan fingerprint density at radius 1 is 0.862 bits per heavy atom. The zero-order valence-corrected chi connectivity index (χ0v) is 19.2. The van der Waals surface area contributed by atoms with Gasteiger partial charge < -0.3 is 26.8 Å². The summed E-state index contributed by atoms with van der Waals surface area (Å²) < 4.78 is 0. The maximum absolute atomic E-state index is 12.7. The largest absolute Gasteiger partial charge is 0.480 e. The van der Waals surface area contributed by atoms with Crippen molar-refractivity contribution in [3.05, 3.63) is 0 Å². The Morgan fingerprint density at radius 2 is 1.34 bits per heavy atom. The van der Waals surface area contributed by atoms with Gasteiger partial charge in [-0.05, 0) is 49.2 Å². The minimum Gasteiger partial charge on any atom is -0.480 e. The number of amides is 3. The Morgan fingerprint density at radius 3 is 1.79 bits per heavy atom. The molecule has 0 bridgehead atoms. The van der Waals surface area contributed by atoms with Crippen LogP contribution in [0.2, 0.25) is 0 Å². The van der Waals surface area contributed by atoms with Gasteiger partial charge in [-0.15, -0.1) is 0 Å². The highest BCUT2D eigenvalue weighted by atomic mass is 32.2. The van der Waals surface area contributed by atoms with Gasteiger partial charge in [-0.3, -0.25) is 14.4 Å². The highest BCUT2D eigenvalue weighted by Crippen LogP contribution is 2.08. The van der Waals surface area contributed by atoms with E-state index in [4.69, 9.17) is 5.73 Å². The first-order chi connectivity index (χ1) is 13.7. The number of carbonyl (C=O) groups is 4. The molecule has 0 heterocycles. The van der Waals surface area contributed by atoms with Crippen LogP contribution in [0, 0.1) is 5.92 Å². The molecule has 3 atom stereocenters. The Hall–Kier alpha value is -1.46. The van der Waals surface area contributed by atoms with E-state index in [2.05, 4.69) is 16.0 Å². The zero-order valence-electron chi connectivity index (χ0n) is 17.5. The van der Waals surface area contributed by atoms with E-state index < -0.39 is 41.8 Å². The SMILES string of the molecule is CSCCC(NC(=O)C(CCSC)NC(=O)C(CC(C)C)NC(=O)CN)C(=O)O. The van der Waals surface area contributed by atoms with Gasteiger partial charge in [0.1, 0.15) is 18.1 Å². The number of aliphatic carboxylic acids is 1. The molecule has 0 spiro atoms. The molecule has 11 heteroatoms. The summed E-state index contributed by atoms with van der Waals surface area (Å²) in [6.07, 6.45) is 4.74. The molecule has 0 saturated carbocycles. The van der Waals surface area contributed by atoms with Crippen molar-refractivity contribution < 1.29 is 24.3 Å². The van der Waals surface area contributed by atoms with Gasteiger partial charge in [0.15, 0.2) is 0 Å². The number of nitrogens with two attached hydrogens (primary N) is 1. The molecule has 0 aromatic heterocycles. The van der Waals surface area contributed by atoms with Crippen LogP contribution in [-0.2, 0) is 19.2 Å². The van der Waals surface area contributed by atoms with E-state index in [0.29, 0.717) is 24.3 Å². The molecule has 0 aliphatic rings. The first-order valence-corrected chi connectivity index (χ1v) is 12.3. The van der Waals surface area contributed by atoms with Crippen LogP contribution in [-0.4, -0.2) is 77.5 Å². The van der Waals surface area contributed by atoms with E-state index in [9.17, 15) is 24.3 Å². The second-order valence-electron chi connectivity index (χ2n) is 6.98. The minimum atomic E-state index is -1.12. The molecule has 29 heavy (non-hydrogen) atoms. The Labute approximate surface area is 181 Å². The molecule has 0 aromatic carbocycles. The van der Waals surface area contributed by atoms with Crippen molar-refractivity contribution in [2.45, 2.75) is 51.2 Å². The molecule has 0 rings (SSSR count). The topological polar surface area (TPSA) is 151 Å². The molecule has 168 valence electrons. The monoisotopic (exact) mass is 450 g/mol. The van der Waals surface area contributed by atoms with E-state index in [1.165, 1.54) is 23.5 Å². The van der Waals surface area contributed by atoms with Crippen molar-refractivity contribution in [1.82, 2.24) is 16.0 Å². The number of carboxylic acid groups (broad SMARTS) is 1. The molecule has 0 aliphatic carbocycles. The number of hydrogen-bond donors (Lipinski definition) is 5. The summed E-state index contributed by atoms with van der Waals surface area (Å²) in [4.78, 5) is 48.5. The summed E-state index contributed by atoms with van der Waals surface area (Å²) in [5, 5.41) is 17.1. The molecule has 3 unspecified atom stereocenters. The quantitative estimate of drug-likeness (QED) is 0.235. The van der Waals surface area contributed by atoms with Crippen LogP contribution in [0.4, 0.5) is 0 Å². The number of carbonyl (C=O) groups excluding carboxylic acids is 3. The molecule has 0 fully saturated rings. The summed E-state index contributed by atoms with van der Waals surface area (Å²) in [7, 11) is 0. The summed E-state index contributed by atoms with van der Waals surface area (Å²) in [5.74, 6) is -1.29. The van der Waals surface area contributed by atoms with Gasteiger partial charge in [0.05, 0.1) is 6.54 Å². The Kier molecular flexibility index (Phi) is 14.6. The van der Waals surface area contributed by atoms with E-state index in [1.54, 1.807) is 0 Å². The van der Waals surface area contributed by atoms with Crippen LogP contribution in [0.15, 0.2) is 0 Å². The highest BCUT2D eigenvalue weighted by molar-refractivity contribution is 7.98. The van der Waals surface area contributed by atoms with Crippen LogP contribution >= 0.6 is 23.5 Å². The maximum Gasteiger partial charge on any atom is 0.326 e.